The van der Waals surface area contributed by atoms with Crippen molar-refractivity contribution in [3.05, 3.63) is 17.5 Å². The molecule has 1 aromatic heterocycles. The van der Waals surface area contributed by atoms with Crippen LogP contribution in [0.15, 0.2) is 6.07 Å². The highest BCUT2D eigenvalue weighted by atomic mass is 16.5. The van der Waals surface area contributed by atoms with Crippen molar-refractivity contribution in [3.63, 3.8) is 0 Å². The van der Waals surface area contributed by atoms with E-state index in [2.05, 4.69) is 9.97 Å². The van der Waals surface area contributed by atoms with Gasteiger partial charge in [-0.25, -0.2) is 9.97 Å². The predicted octanol–water partition coefficient (Wildman–Crippen LogP) is 1.74. The molecule has 1 aromatic rings. The van der Waals surface area contributed by atoms with Crippen molar-refractivity contribution in [1.29, 1.82) is 0 Å². The Morgan fingerprint density at radius 1 is 1.25 bits per heavy atom. The van der Waals surface area contributed by atoms with Gasteiger partial charge in [0.25, 0.3) is 0 Å². The molecule has 1 heterocycles. The van der Waals surface area contributed by atoms with Gasteiger partial charge in [0.15, 0.2) is 0 Å². The molecule has 0 atom stereocenters. The van der Waals surface area contributed by atoms with Crippen molar-refractivity contribution in [2.45, 2.75) is 45.1 Å². The summed E-state index contributed by atoms with van der Waals surface area (Å²) in [5.74, 6) is 0. The summed E-state index contributed by atoms with van der Waals surface area (Å²) in [6, 6.07) is 2.38. The Morgan fingerprint density at radius 2 is 1.81 bits per heavy atom. The third-order valence-electron chi connectivity index (χ3n) is 3.05. The molecule has 1 aliphatic rings. The second kappa shape index (κ2) is 4.37. The molecule has 0 bridgehead atoms. The van der Waals surface area contributed by atoms with Crippen molar-refractivity contribution >= 4 is 0 Å². The van der Waals surface area contributed by atoms with Gasteiger partial charge >= 0.3 is 6.01 Å². The van der Waals surface area contributed by atoms with Gasteiger partial charge in [0.1, 0.15) is 6.61 Å². The number of aryl methyl sites for hydroxylation is 2. The zero-order chi connectivity index (χ0) is 11.6. The van der Waals surface area contributed by atoms with Gasteiger partial charge in [-0.3, -0.25) is 0 Å². The maximum absolute atomic E-state index is 6.20. The minimum atomic E-state index is -0.166. The van der Waals surface area contributed by atoms with Crippen molar-refractivity contribution in [2.75, 3.05) is 6.61 Å². The Morgan fingerprint density at radius 3 is 2.38 bits per heavy atom. The number of nitrogens with zero attached hydrogens (tertiary/aromatic N) is 2. The van der Waals surface area contributed by atoms with Crippen LogP contribution < -0.4 is 10.5 Å². The minimum absolute atomic E-state index is 0.166. The summed E-state index contributed by atoms with van der Waals surface area (Å²) >= 11 is 0. The molecule has 16 heavy (non-hydrogen) atoms. The van der Waals surface area contributed by atoms with Crippen LogP contribution in [0.1, 0.15) is 37.1 Å². The van der Waals surface area contributed by atoms with E-state index in [9.17, 15) is 0 Å². The summed E-state index contributed by atoms with van der Waals surface area (Å²) in [4.78, 5) is 8.47. The number of hydrogen-bond donors (Lipinski definition) is 1. The first-order valence-corrected chi connectivity index (χ1v) is 5.81. The van der Waals surface area contributed by atoms with Crippen LogP contribution in [0.2, 0.25) is 0 Å². The average Bonchev–Trinajstić information content (AvgIpc) is 2.62. The maximum Gasteiger partial charge on any atom is 0.316 e. The molecule has 2 N–H and O–H groups in total. The highest BCUT2D eigenvalue weighted by Gasteiger charge is 2.30. The van der Waals surface area contributed by atoms with Crippen LogP contribution >= 0.6 is 0 Å². The fraction of sp³-hybridized carbons (Fsp3) is 0.667. The maximum atomic E-state index is 6.20. The van der Waals surface area contributed by atoms with Gasteiger partial charge in [-0.2, -0.15) is 0 Å². The van der Waals surface area contributed by atoms with E-state index in [1.54, 1.807) is 0 Å². The van der Waals surface area contributed by atoms with Crippen LogP contribution in [0.5, 0.6) is 6.01 Å². The summed E-state index contributed by atoms with van der Waals surface area (Å²) in [5.41, 5.74) is 7.90. The summed E-state index contributed by atoms with van der Waals surface area (Å²) in [6.07, 6.45) is 4.48. The van der Waals surface area contributed by atoms with Gasteiger partial charge in [-0.15, -0.1) is 0 Å². The second-order valence-corrected chi connectivity index (χ2v) is 4.79. The van der Waals surface area contributed by atoms with Gasteiger partial charge in [0, 0.05) is 11.4 Å². The van der Waals surface area contributed by atoms with Gasteiger partial charge < -0.3 is 10.5 Å². The molecule has 0 unspecified atom stereocenters. The summed E-state index contributed by atoms with van der Waals surface area (Å²) in [5, 5.41) is 0. The van der Waals surface area contributed by atoms with Gasteiger partial charge in [0.2, 0.25) is 0 Å². The molecule has 4 heteroatoms. The Kier molecular flexibility index (Phi) is 3.10. The number of rotatable bonds is 3. The molecular formula is C12H19N3O. The molecule has 1 aliphatic carbocycles. The van der Waals surface area contributed by atoms with Crippen LogP contribution in [-0.2, 0) is 0 Å². The molecule has 4 nitrogen and oxygen atoms in total. The molecule has 2 rings (SSSR count). The van der Waals surface area contributed by atoms with E-state index in [1.165, 1.54) is 12.8 Å². The largest absolute Gasteiger partial charge is 0.461 e. The van der Waals surface area contributed by atoms with Gasteiger partial charge in [-0.05, 0) is 32.8 Å². The van der Waals surface area contributed by atoms with Crippen LogP contribution in [-0.4, -0.2) is 22.1 Å². The lowest BCUT2D eigenvalue weighted by Crippen LogP contribution is -2.42. The molecule has 0 aromatic carbocycles. The Labute approximate surface area is 96.2 Å². The van der Waals surface area contributed by atoms with E-state index < -0.39 is 0 Å². The summed E-state index contributed by atoms with van der Waals surface area (Å²) in [7, 11) is 0. The number of nitrogens with two attached hydrogens (primary N) is 1. The Balaban J connectivity index is 1.98. The fourth-order valence-electron chi connectivity index (χ4n) is 2.19. The molecule has 88 valence electrons. The highest BCUT2D eigenvalue weighted by Crippen LogP contribution is 2.27. The quantitative estimate of drug-likeness (QED) is 0.844. The Bertz CT molecular complexity index is 352. The van der Waals surface area contributed by atoms with E-state index in [0.29, 0.717) is 12.6 Å². The second-order valence-electron chi connectivity index (χ2n) is 4.79. The number of hydrogen-bond acceptors (Lipinski definition) is 4. The van der Waals surface area contributed by atoms with Crippen LogP contribution in [0.25, 0.3) is 0 Å². The van der Waals surface area contributed by atoms with Crippen molar-refractivity contribution in [1.82, 2.24) is 9.97 Å². The molecule has 0 aliphatic heterocycles. The highest BCUT2D eigenvalue weighted by molar-refractivity contribution is 5.11. The van der Waals surface area contributed by atoms with Gasteiger partial charge in [-0.1, -0.05) is 12.8 Å². The smallest absolute Gasteiger partial charge is 0.316 e. The fourth-order valence-corrected chi connectivity index (χ4v) is 2.19. The SMILES string of the molecule is Cc1cc(C)nc(OCC2(N)CCCC2)n1. The predicted molar refractivity (Wildman–Crippen MR) is 62.4 cm³/mol. The summed E-state index contributed by atoms with van der Waals surface area (Å²) < 4.78 is 5.61. The van der Waals surface area contributed by atoms with Crippen LogP contribution in [0, 0.1) is 13.8 Å². The third kappa shape index (κ3) is 2.70. The minimum Gasteiger partial charge on any atom is -0.461 e. The monoisotopic (exact) mass is 221 g/mol. The van der Waals surface area contributed by atoms with E-state index in [4.69, 9.17) is 10.5 Å². The van der Waals surface area contributed by atoms with Gasteiger partial charge in [0.05, 0.1) is 5.54 Å². The molecule has 1 fully saturated rings. The zero-order valence-corrected chi connectivity index (χ0v) is 9.99. The molecule has 0 radical (unpaired) electrons. The molecule has 0 amide bonds. The molecule has 0 spiro atoms. The Hall–Kier alpha value is -1.16. The first-order chi connectivity index (χ1) is 7.57. The van der Waals surface area contributed by atoms with Crippen LogP contribution in [0.3, 0.4) is 0 Å². The van der Waals surface area contributed by atoms with E-state index in [-0.39, 0.29) is 5.54 Å². The third-order valence-corrected chi connectivity index (χ3v) is 3.05. The number of aromatic nitrogens is 2. The van der Waals surface area contributed by atoms with Crippen molar-refractivity contribution in [2.24, 2.45) is 5.73 Å². The standard InChI is InChI=1S/C12H19N3O/c1-9-7-10(2)15-11(14-9)16-8-12(13)5-3-4-6-12/h7H,3-6,8,13H2,1-2H3. The summed E-state index contributed by atoms with van der Waals surface area (Å²) in [6.45, 7) is 4.40. The average molecular weight is 221 g/mol. The lowest BCUT2D eigenvalue weighted by Gasteiger charge is -2.22. The topological polar surface area (TPSA) is 61.0 Å². The lowest BCUT2D eigenvalue weighted by atomic mass is 10.0. The first-order valence-electron chi connectivity index (χ1n) is 5.81. The van der Waals surface area contributed by atoms with Crippen molar-refractivity contribution < 1.29 is 4.74 Å². The van der Waals surface area contributed by atoms with E-state index in [1.807, 2.05) is 19.9 Å². The molecule has 0 saturated heterocycles. The van der Waals surface area contributed by atoms with E-state index >= 15 is 0 Å². The van der Waals surface area contributed by atoms with Crippen LogP contribution in [0.4, 0.5) is 0 Å². The first kappa shape index (κ1) is 11.3. The zero-order valence-electron chi connectivity index (χ0n) is 9.99. The molecular weight excluding hydrogens is 202 g/mol. The molecule has 1 saturated carbocycles. The van der Waals surface area contributed by atoms with Crippen molar-refractivity contribution in [3.8, 4) is 6.01 Å². The number of ether oxygens (including phenoxy) is 1. The normalized spacial score (nSPS) is 18.7. The lowest BCUT2D eigenvalue weighted by molar-refractivity contribution is 0.205. The van der Waals surface area contributed by atoms with E-state index in [0.717, 1.165) is 24.2 Å².